The third-order valence-electron chi connectivity index (χ3n) is 3.21. The number of aromatic nitrogens is 1. The summed E-state index contributed by atoms with van der Waals surface area (Å²) in [7, 11) is 0. The molecule has 0 atom stereocenters. The van der Waals surface area contributed by atoms with Gasteiger partial charge in [0.15, 0.2) is 0 Å². The fraction of sp³-hybridized carbons (Fsp3) is 0.133. The minimum Gasteiger partial charge on any atom is -0.236 e. The van der Waals surface area contributed by atoms with Gasteiger partial charge in [-0.1, -0.05) is 29.8 Å². The summed E-state index contributed by atoms with van der Waals surface area (Å²) < 4.78 is 13.7. The third-order valence-corrected chi connectivity index (χ3v) is 3.42. The predicted molar refractivity (Wildman–Crippen MR) is 72.0 cm³/mol. The fourth-order valence-electron chi connectivity index (χ4n) is 2.31. The molecular weight excluding hydrogens is 249 g/mol. The van der Waals surface area contributed by atoms with Crippen LogP contribution in [0.3, 0.4) is 0 Å². The monoisotopic (exact) mass is 259 g/mol. The standard InChI is InChI=1S/C15H11ClFN/c1-9-5-6-14(16)18-15(9)11-7-10-3-2-4-13(17)12(10)8-11/h2-6,8H,7H2,1H3. The number of rotatable bonds is 1. The van der Waals surface area contributed by atoms with E-state index in [2.05, 4.69) is 4.98 Å². The molecule has 0 N–H and O–H groups in total. The largest absolute Gasteiger partial charge is 0.236 e. The Labute approximate surface area is 110 Å². The average Bonchev–Trinajstić information content (AvgIpc) is 2.77. The quantitative estimate of drug-likeness (QED) is 0.697. The number of benzene rings is 1. The first-order chi connectivity index (χ1) is 8.65. The van der Waals surface area contributed by atoms with Crippen molar-refractivity contribution in [1.82, 2.24) is 4.98 Å². The molecule has 0 spiro atoms. The first-order valence-electron chi connectivity index (χ1n) is 5.76. The number of aryl methyl sites for hydroxylation is 1. The molecule has 0 aliphatic heterocycles. The van der Waals surface area contributed by atoms with E-state index in [0.29, 0.717) is 17.1 Å². The van der Waals surface area contributed by atoms with Gasteiger partial charge < -0.3 is 0 Å². The van der Waals surface area contributed by atoms with Crippen LogP contribution in [0.5, 0.6) is 0 Å². The molecule has 0 saturated heterocycles. The summed E-state index contributed by atoms with van der Waals surface area (Å²) in [6.07, 6.45) is 2.58. The van der Waals surface area contributed by atoms with Gasteiger partial charge in [0.05, 0.1) is 5.69 Å². The lowest BCUT2D eigenvalue weighted by molar-refractivity contribution is 0.624. The van der Waals surface area contributed by atoms with E-state index in [1.807, 2.05) is 25.1 Å². The van der Waals surface area contributed by atoms with Gasteiger partial charge in [-0.15, -0.1) is 0 Å². The molecule has 1 nitrogen and oxygen atoms in total. The van der Waals surface area contributed by atoms with Crippen LogP contribution in [0.25, 0.3) is 11.6 Å². The summed E-state index contributed by atoms with van der Waals surface area (Å²) >= 11 is 5.93. The minimum atomic E-state index is -0.179. The Morgan fingerprint density at radius 2 is 2.06 bits per heavy atom. The highest BCUT2D eigenvalue weighted by atomic mass is 35.5. The molecule has 2 aromatic rings. The number of hydrogen-bond acceptors (Lipinski definition) is 1. The van der Waals surface area contributed by atoms with Gasteiger partial charge in [-0.2, -0.15) is 0 Å². The number of hydrogen-bond donors (Lipinski definition) is 0. The van der Waals surface area contributed by atoms with Crippen LogP contribution in [0.2, 0.25) is 5.15 Å². The molecule has 18 heavy (non-hydrogen) atoms. The zero-order chi connectivity index (χ0) is 12.7. The lowest BCUT2D eigenvalue weighted by atomic mass is 10.0. The maximum atomic E-state index is 13.7. The second-order valence-corrected chi connectivity index (χ2v) is 4.85. The second kappa shape index (κ2) is 4.21. The van der Waals surface area contributed by atoms with E-state index in [1.54, 1.807) is 12.1 Å². The van der Waals surface area contributed by atoms with E-state index in [4.69, 9.17) is 11.6 Å². The third kappa shape index (κ3) is 1.83. The number of nitrogens with zero attached hydrogens (tertiary/aromatic N) is 1. The molecule has 1 heterocycles. The molecule has 0 saturated carbocycles. The number of pyridine rings is 1. The van der Waals surface area contributed by atoms with Crippen molar-refractivity contribution in [2.75, 3.05) is 0 Å². The molecule has 0 amide bonds. The van der Waals surface area contributed by atoms with E-state index in [1.165, 1.54) is 6.07 Å². The van der Waals surface area contributed by atoms with Crippen LogP contribution in [-0.2, 0) is 6.42 Å². The lowest BCUT2D eigenvalue weighted by Gasteiger charge is -2.05. The summed E-state index contributed by atoms with van der Waals surface area (Å²) in [6.45, 7) is 1.98. The first-order valence-corrected chi connectivity index (χ1v) is 6.14. The van der Waals surface area contributed by atoms with E-state index >= 15 is 0 Å². The lowest BCUT2D eigenvalue weighted by Crippen LogP contribution is -1.94. The molecule has 0 bridgehead atoms. The number of fused-ring (bicyclic) bond motifs is 1. The Bertz CT molecular complexity index is 662. The highest BCUT2D eigenvalue weighted by molar-refractivity contribution is 6.29. The Balaban J connectivity index is 2.10. The highest BCUT2D eigenvalue weighted by Crippen LogP contribution is 2.33. The smallest absolute Gasteiger partial charge is 0.130 e. The maximum absolute atomic E-state index is 13.7. The van der Waals surface area contributed by atoms with E-state index in [-0.39, 0.29) is 5.82 Å². The van der Waals surface area contributed by atoms with Gasteiger partial charge >= 0.3 is 0 Å². The SMILES string of the molecule is Cc1ccc(Cl)nc1C1=Cc2c(F)cccc2C1. The van der Waals surface area contributed by atoms with Crippen LogP contribution in [-0.4, -0.2) is 4.98 Å². The normalized spacial score (nSPS) is 13.4. The molecular formula is C15H11ClFN. The molecule has 1 aromatic heterocycles. The van der Waals surface area contributed by atoms with Crippen LogP contribution in [0.15, 0.2) is 30.3 Å². The van der Waals surface area contributed by atoms with Gasteiger partial charge in [0.2, 0.25) is 0 Å². The molecule has 3 heteroatoms. The zero-order valence-electron chi connectivity index (χ0n) is 9.87. The van der Waals surface area contributed by atoms with Crippen molar-refractivity contribution in [2.24, 2.45) is 0 Å². The van der Waals surface area contributed by atoms with Crippen molar-refractivity contribution >= 4 is 23.3 Å². The Morgan fingerprint density at radius 1 is 1.22 bits per heavy atom. The fourth-order valence-corrected chi connectivity index (χ4v) is 2.46. The van der Waals surface area contributed by atoms with Crippen molar-refractivity contribution in [3.8, 4) is 0 Å². The van der Waals surface area contributed by atoms with Crippen LogP contribution in [0.4, 0.5) is 4.39 Å². The van der Waals surface area contributed by atoms with Crippen molar-refractivity contribution in [3.05, 3.63) is 63.7 Å². The van der Waals surface area contributed by atoms with Crippen LogP contribution < -0.4 is 0 Å². The number of allylic oxidation sites excluding steroid dienone is 1. The van der Waals surface area contributed by atoms with Crippen molar-refractivity contribution in [2.45, 2.75) is 13.3 Å². The van der Waals surface area contributed by atoms with Crippen molar-refractivity contribution < 1.29 is 4.39 Å². The molecule has 0 unspecified atom stereocenters. The van der Waals surface area contributed by atoms with Crippen LogP contribution >= 0.6 is 11.6 Å². The van der Waals surface area contributed by atoms with E-state index in [9.17, 15) is 4.39 Å². The molecule has 1 aliphatic rings. The van der Waals surface area contributed by atoms with Gasteiger partial charge in [-0.05, 0) is 41.8 Å². The maximum Gasteiger partial charge on any atom is 0.130 e. The Kier molecular flexibility index (Phi) is 2.67. The predicted octanol–water partition coefficient (Wildman–Crippen LogP) is 4.28. The minimum absolute atomic E-state index is 0.179. The molecule has 1 aliphatic carbocycles. The topological polar surface area (TPSA) is 12.9 Å². The molecule has 0 fully saturated rings. The molecule has 3 rings (SSSR count). The summed E-state index contributed by atoms with van der Waals surface area (Å²) in [4.78, 5) is 4.34. The van der Waals surface area contributed by atoms with Gasteiger partial charge in [0.25, 0.3) is 0 Å². The zero-order valence-corrected chi connectivity index (χ0v) is 10.6. The Hall–Kier alpha value is -1.67. The average molecular weight is 260 g/mol. The van der Waals surface area contributed by atoms with E-state index < -0.39 is 0 Å². The van der Waals surface area contributed by atoms with Crippen molar-refractivity contribution in [1.29, 1.82) is 0 Å². The summed E-state index contributed by atoms with van der Waals surface area (Å²) in [6, 6.07) is 8.87. The van der Waals surface area contributed by atoms with Crippen LogP contribution in [0.1, 0.15) is 22.4 Å². The number of halogens is 2. The van der Waals surface area contributed by atoms with Gasteiger partial charge in [0, 0.05) is 12.0 Å². The first kappa shape index (κ1) is 11.4. The Morgan fingerprint density at radius 3 is 2.83 bits per heavy atom. The van der Waals surface area contributed by atoms with E-state index in [0.717, 1.165) is 22.4 Å². The van der Waals surface area contributed by atoms with Crippen molar-refractivity contribution in [3.63, 3.8) is 0 Å². The summed E-state index contributed by atoms with van der Waals surface area (Å²) in [5, 5.41) is 0.466. The van der Waals surface area contributed by atoms with Crippen LogP contribution in [0, 0.1) is 12.7 Å². The van der Waals surface area contributed by atoms with Gasteiger partial charge in [-0.25, -0.2) is 9.37 Å². The molecule has 0 radical (unpaired) electrons. The highest BCUT2D eigenvalue weighted by Gasteiger charge is 2.19. The summed E-state index contributed by atoms with van der Waals surface area (Å²) in [5.41, 5.74) is 4.62. The second-order valence-electron chi connectivity index (χ2n) is 4.46. The molecule has 90 valence electrons. The van der Waals surface area contributed by atoms with Gasteiger partial charge in [0.1, 0.15) is 11.0 Å². The summed E-state index contributed by atoms with van der Waals surface area (Å²) in [5.74, 6) is -0.179. The van der Waals surface area contributed by atoms with Gasteiger partial charge in [-0.3, -0.25) is 0 Å². The molecule has 1 aromatic carbocycles.